The lowest BCUT2D eigenvalue weighted by Gasteiger charge is -2.39. The van der Waals surface area contributed by atoms with Crippen LogP contribution < -0.4 is 5.32 Å². The molecule has 6 heteroatoms. The first-order chi connectivity index (χ1) is 9.91. The van der Waals surface area contributed by atoms with Crippen LogP contribution in [0.4, 0.5) is 0 Å². The van der Waals surface area contributed by atoms with Crippen molar-refractivity contribution in [2.75, 3.05) is 26.2 Å². The maximum atomic E-state index is 12.8. The van der Waals surface area contributed by atoms with Crippen molar-refractivity contribution in [3.05, 3.63) is 0 Å². The third-order valence-electron chi connectivity index (χ3n) is 4.75. The highest BCUT2D eigenvalue weighted by molar-refractivity contribution is 7.86. The van der Waals surface area contributed by atoms with Crippen molar-refractivity contribution >= 4 is 10.2 Å². The SMILES string of the molecule is CC(C)NCC1CCN(S(=O)(=O)N2CCCCC2C)CC1. The van der Waals surface area contributed by atoms with Crippen molar-refractivity contribution in [1.82, 2.24) is 13.9 Å². The first-order valence-electron chi connectivity index (χ1n) is 8.41. The Bertz CT molecular complexity index is 417. The Labute approximate surface area is 130 Å². The molecular weight excluding hydrogens is 286 g/mol. The van der Waals surface area contributed by atoms with E-state index in [2.05, 4.69) is 19.2 Å². The van der Waals surface area contributed by atoms with Gasteiger partial charge in [-0.05, 0) is 45.1 Å². The van der Waals surface area contributed by atoms with E-state index in [-0.39, 0.29) is 6.04 Å². The van der Waals surface area contributed by atoms with Crippen LogP contribution in [0.5, 0.6) is 0 Å². The van der Waals surface area contributed by atoms with E-state index < -0.39 is 10.2 Å². The average Bonchev–Trinajstić information content (AvgIpc) is 2.46. The zero-order valence-corrected chi connectivity index (χ0v) is 14.5. The summed E-state index contributed by atoms with van der Waals surface area (Å²) in [5.74, 6) is 0.609. The summed E-state index contributed by atoms with van der Waals surface area (Å²) in [5.41, 5.74) is 0. The lowest BCUT2D eigenvalue weighted by atomic mass is 9.98. The molecule has 2 aliphatic heterocycles. The molecule has 1 N–H and O–H groups in total. The van der Waals surface area contributed by atoms with Gasteiger partial charge < -0.3 is 5.32 Å². The van der Waals surface area contributed by atoms with Crippen molar-refractivity contribution in [3.63, 3.8) is 0 Å². The Balaban J connectivity index is 1.88. The maximum Gasteiger partial charge on any atom is 0.282 e. The molecule has 0 saturated carbocycles. The van der Waals surface area contributed by atoms with Crippen molar-refractivity contribution in [2.45, 2.75) is 65.0 Å². The Morgan fingerprint density at radius 1 is 1.10 bits per heavy atom. The van der Waals surface area contributed by atoms with Crippen molar-refractivity contribution in [2.24, 2.45) is 5.92 Å². The van der Waals surface area contributed by atoms with Gasteiger partial charge >= 0.3 is 0 Å². The molecule has 2 rings (SSSR count). The lowest BCUT2D eigenvalue weighted by Crippen LogP contribution is -2.52. The molecule has 124 valence electrons. The van der Waals surface area contributed by atoms with Gasteiger partial charge in [-0.25, -0.2) is 0 Å². The normalized spacial score (nSPS) is 27.3. The molecule has 21 heavy (non-hydrogen) atoms. The molecule has 2 fully saturated rings. The molecule has 5 nitrogen and oxygen atoms in total. The largest absolute Gasteiger partial charge is 0.314 e. The van der Waals surface area contributed by atoms with Gasteiger partial charge in [0, 0.05) is 31.7 Å². The average molecular weight is 317 g/mol. The highest BCUT2D eigenvalue weighted by atomic mass is 32.2. The van der Waals surface area contributed by atoms with Crippen LogP contribution >= 0.6 is 0 Å². The number of nitrogens with one attached hydrogen (secondary N) is 1. The van der Waals surface area contributed by atoms with E-state index in [1.54, 1.807) is 8.61 Å². The number of piperidine rings is 2. The molecule has 0 spiro atoms. The van der Waals surface area contributed by atoms with Gasteiger partial charge in [-0.1, -0.05) is 20.3 Å². The van der Waals surface area contributed by atoms with Crippen LogP contribution in [0.25, 0.3) is 0 Å². The molecule has 2 aliphatic rings. The number of nitrogens with zero attached hydrogens (tertiary/aromatic N) is 2. The van der Waals surface area contributed by atoms with Gasteiger partial charge in [0.1, 0.15) is 0 Å². The quantitative estimate of drug-likeness (QED) is 0.841. The summed E-state index contributed by atoms with van der Waals surface area (Å²) in [5, 5.41) is 3.46. The van der Waals surface area contributed by atoms with Crippen molar-refractivity contribution in [1.29, 1.82) is 0 Å². The van der Waals surface area contributed by atoms with E-state index in [4.69, 9.17) is 0 Å². The Morgan fingerprint density at radius 2 is 1.76 bits per heavy atom. The molecule has 1 atom stereocenters. The lowest BCUT2D eigenvalue weighted by molar-refractivity contribution is 0.215. The second-order valence-electron chi connectivity index (χ2n) is 6.87. The molecule has 0 radical (unpaired) electrons. The maximum absolute atomic E-state index is 12.8. The highest BCUT2D eigenvalue weighted by Gasteiger charge is 2.36. The molecule has 0 amide bonds. The highest BCUT2D eigenvalue weighted by Crippen LogP contribution is 2.26. The minimum Gasteiger partial charge on any atom is -0.314 e. The first kappa shape index (κ1) is 17.2. The van der Waals surface area contributed by atoms with E-state index in [0.717, 1.165) is 38.6 Å². The van der Waals surface area contributed by atoms with Crippen LogP contribution in [0.15, 0.2) is 0 Å². The van der Waals surface area contributed by atoms with Crippen molar-refractivity contribution in [3.8, 4) is 0 Å². The minimum atomic E-state index is -3.24. The van der Waals surface area contributed by atoms with Gasteiger partial charge in [-0.2, -0.15) is 17.0 Å². The predicted octanol–water partition coefficient (Wildman–Crippen LogP) is 1.82. The standard InChI is InChI=1S/C15H31N3O2S/c1-13(2)16-12-15-7-10-17(11-8-15)21(19,20)18-9-5-4-6-14(18)3/h13-16H,4-12H2,1-3H3. The first-order valence-corrected chi connectivity index (χ1v) is 9.81. The summed E-state index contributed by atoms with van der Waals surface area (Å²) in [6.07, 6.45) is 5.09. The van der Waals surface area contributed by atoms with E-state index in [1.807, 2.05) is 6.92 Å². The topological polar surface area (TPSA) is 52.7 Å². The van der Waals surface area contributed by atoms with Gasteiger partial charge in [-0.3, -0.25) is 0 Å². The molecule has 2 saturated heterocycles. The molecule has 0 aromatic heterocycles. The molecule has 2 heterocycles. The number of hydrogen-bond acceptors (Lipinski definition) is 3. The zero-order valence-electron chi connectivity index (χ0n) is 13.7. The summed E-state index contributed by atoms with van der Waals surface area (Å²) in [6.45, 7) is 9.39. The fraction of sp³-hybridized carbons (Fsp3) is 1.00. The number of hydrogen-bond donors (Lipinski definition) is 1. The van der Waals surface area contributed by atoms with E-state index in [9.17, 15) is 8.42 Å². The Kier molecular flexibility index (Phi) is 6.05. The van der Waals surface area contributed by atoms with Gasteiger partial charge in [0.05, 0.1) is 0 Å². The van der Waals surface area contributed by atoms with Crippen LogP contribution in [0.2, 0.25) is 0 Å². The fourth-order valence-corrected chi connectivity index (χ4v) is 5.20. The van der Waals surface area contributed by atoms with Crippen LogP contribution in [0.3, 0.4) is 0 Å². The third-order valence-corrected chi connectivity index (χ3v) is 6.91. The zero-order chi connectivity index (χ0) is 15.5. The van der Waals surface area contributed by atoms with E-state index in [0.29, 0.717) is 31.6 Å². The Morgan fingerprint density at radius 3 is 2.33 bits per heavy atom. The van der Waals surface area contributed by atoms with Gasteiger partial charge in [0.15, 0.2) is 0 Å². The van der Waals surface area contributed by atoms with Crippen molar-refractivity contribution < 1.29 is 8.42 Å². The van der Waals surface area contributed by atoms with Crippen LogP contribution in [-0.2, 0) is 10.2 Å². The minimum absolute atomic E-state index is 0.157. The molecule has 0 aromatic carbocycles. The summed E-state index contributed by atoms with van der Waals surface area (Å²) >= 11 is 0. The third kappa shape index (κ3) is 4.41. The molecule has 0 aromatic rings. The number of rotatable bonds is 5. The summed E-state index contributed by atoms with van der Waals surface area (Å²) in [6, 6.07) is 0.657. The molecule has 1 unspecified atom stereocenters. The van der Waals surface area contributed by atoms with E-state index >= 15 is 0 Å². The fourth-order valence-electron chi connectivity index (χ4n) is 3.31. The Hall–Kier alpha value is -0.170. The molecule has 0 aliphatic carbocycles. The van der Waals surface area contributed by atoms with Crippen LogP contribution in [0.1, 0.15) is 52.9 Å². The summed E-state index contributed by atoms with van der Waals surface area (Å²) in [4.78, 5) is 0. The van der Waals surface area contributed by atoms with Gasteiger partial charge in [-0.15, -0.1) is 0 Å². The second-order valence-corrected chi connectivity index (χ2v) is 8.75. The molecule has 0 bridgehead atoms. The predicted molar refractivity (Wildman–Crippen MR) is 86.4 cm³/mol. The monoisotopic (exact) mass is 317 g/mol. The van der Waals surface area contributed by atoms with E-state index in [1.165, 1.54) is 0 Å². The van der Waals surface area contributed by atoms with Gasteiger partial charge in [0.25, 0.3) is 10.2 Å². The van der Waals surface area contributed by atoms with Crippen LogP contribution in [-0.4, -0.2) is 55.3 Å². The summed E-state index contributed by atoms with van der Waals surface area (Å²) < 4.78 is 29.0. The summed E-state index contributed by atoms with van der Waals surface area (Å²) in [7, 11) is -3.24. The van der Waals surface area contributed by atoms with Crippen LogP contribution in [0, 0.1) is 5.92 Å². The second kappa shape index (κ2) is 7.40. The molecular formula is C15H31N3O2S. The smallest absolute Gasteiger partial charge is 0.282 e. The van der Waals surface area contributed by atoms with Gasteiger partial charge in [0.2, 0.25) is 0 Å².